The van der Waals surface area contributed by atoms with E-state index in [1.807, 2.05) is 0 Å². The maximum absolute atomic E-state index is 12.4. The van der Waals surface area contributed by atoms with Gasteiger partial charge in [0.1, 0.15) is 22.8 Å². The van der Waals surface area contributed by atoms with E-state index >= 15 is 0 Å². The zero-order chi connectivity index (χ0) is 13.4. The van der Waals surface area contributed by atoms with Crippen molar-refractivity contribution in [1.29, 1.82) is 0 Å². The Balaban J connectivity index is 2.49. The number of aromatic nitrogens is 3. The highest BCUT2D eigenvalue weighted by Crippen LogP contribution is 2.18. The minimum Gasteiger partial charge on any atom is -0.406 e. The van der Waals surface area contributed by atoms with Crippen molar-refractivity contribution in [2.24, 2.45) is 0 Å². The van der Waals surface area contributed by atoms with E-state index in [1.54, 1.807) is 40.9 Å². The third-order valence-corrected chi connectivity index (χ3v) is 3.05. The largest absolute Gasteiger partial charge is 0.406 e. The van der Waals surface area contributed by atoms with E-state index in [0.29, 0.717) is 21.8 Å². The number of hydrogen-bond donors (Lipinski definition) is 0. The summed E-state index contributed by atoms with van der Waals surface area (Å²) in [6.07, 6.45) is 3.21. The summed E-state index contributed by atoms with van der Waals surface area (Å²) in [5.74, 6) is 0. The van der Waals surface area contributed by atoms with Gasteiger partial charge in [0.25, 0.3) is 0 Å². The molecule has 5 nitrogen and oxygen atoms in total. The van der Waals surface area contributed by atoms with Crippen molar-refractivity contribution < 1.29 is 4.84 Å². The van der Waals surface area contributed by atoms with Gasteiger partial charge in [0.15, 0.2) is 5.65 Å². The number of rotatable bonds is 3. The molecule has 0 bridgehead atoms. The van der Waals surface area contributed by atoms with E-state index in [-0.39, 0.29) is 12.2 Å². The highest BCUT2D eigenvalue weighted by Gasteiger charge is 2.14. The van der Waals surface area contributed by atoms with Crippen molar-refractivity contribution in [3.63, 3.8) is 0 Å². The number of nitrogens with zero attached hydrogens (tertiary/aromatic N) is 3. The first-order chi connectivity index (χ1) is 9.24. The maximum atomic E-state index is 12.4. The Morgan fingerprint density at radius 3 is 3.00 bits per heavy atom. The van der Waals surface area contributed by atoms with Crippen LogP contribution in [0.3, 0.4) is 0 Å². The number of pyridine rings is 1. The molecule has 0 fully saturated rings. The molecular weight excluding hydrogens is 266 g/mol. The molecule has 96 valence electrons. The molecule has 0 amide bonds. The van der Waals surface area contributed by atoms with Crippen molar-refractivity contribution in [3.8, 4) is 0 Å². The monoisotopic (exact) mass is 275 g/mol. The second kappa shape index (κ2) is 4.44. The van der Waals surface area contributed by atoms with Crippen molar-refractivity contribution in [3.05, 3.63) is 58.6 Å². The van der Waals surface area contributed by atoms with E-state index < -0.39 is 0 Å². The van der Waals surface area contributed by atoms with Crippen LogP contribution in [0.2, 0.25) is 5.15 Å². The second-order valence-electron chi connectivity index (χ2n) is 3.91. The van der Waals surface area contributed by atoms with Crippen LogP contribution >= 0.6 is 11.6 Å². The van der Waals surface area contributed by atoms with Gasteiger partial charge in [-0.25, -0.2) is 4.98 Å². The van der Waals surface area contributed by atoms with Gasteiger partial charge in [-0.15, -0.1) is 4.73 Å². The normalized spacial score (nSPS) is 11.0. The van der Waals surface area contributed by atoms with Gasteiger partial charge in [-0.05, 0) is 24.3 Å². The Morgan fingerprint density at radius 1 is 1.37 bits per heavy atom. The van der Waals surface area contributed by atoms with Crippen LogP contribution in [0.4, 0.5) is 0 Å². The van der Waals surface area contributed by atoms with Crippen LogP contribution in [0.5, 0.6) is 0 Å². The molecule has 0 aliphatic carbocycles. The van der Waals surface area contributed by atoms with Crippen LogP contribution in [0.1, 0.15) is 0 Å². The molecule has 0 saturated heterocycles. The molecule has 0 atom stereocenters. The lowest BCUT2D eigenvalue weighted by Gasteiger charge is -2.11. The smallest absolute Gasteiger partial charge is 0.307 e. The van der Waals surface area contributed by atoms with Crippen LogP contribution < -0.4 is 10.4 Å². The van der Waals surface area contributed by atoms with Gasteiger partial charge in [0, 0.05) is 6.20 Å². The first-order valence-electron chi connectivity index (χ1n) is 5.65. The highest BCUT2D eigenvalue weighted by molar-refractivity contribution is 6.30. The predicted molar refractivity (Wildman–Crippen MR) is 73.6 cm³/mol. The van der Waals surface area contributed by atoms with Crippen molar-refractivity contribution in [1.82, 2.24) is 14.1 Å². The van der Waals surface area contributed by atoms with Gasteiger partial charge in [-0.1, -0.05) is 24.3 Å². The van der Waals surface area contributed by atoms with Gasteiger partial charge in [0.05, 0.1) is 0 Å². The van der Waals surface area contributed by atoms with Gasteiger partial charge < -0.3 is 4.84 Å². The average molecular weight is 276 g/mol. The highest BCUT2D eigenvalue weighted by atomic mass is 35.5. The van der Waals surface area contributed by atoms with Gasteiger partial charge >= 0.3 is 5.56 Å². The predicted octanol–water partition coefficient (Wildman–Crippen LogP) is 1.92. The SMILES string of the molecule is C=CCOn1c(=O)c2ccc(Cl)n2c2ncccc21. The minimum atomic E-state index is -0.283. The fourth-order valence-corrected chi connectivity index (χ4v) is 2.22. The molecule has 0 spiro atoms. The Kier molecular flexibility index (Phi) is 2.76. The van der Waals surface area contributed by atoms with Crippen molar-refractivity contribution >= 4 is 28.3 Å². The molecule has 3 heterocycles. The molecule has 0 saturated carbocycles. The molecule has 3 rings (SSSR count). The van der Waals surface area contributed by atoms with Crippen molar-refractivity contribution in [2.75, 3.05) is 6.61 Å². The Morgan fingerprint density at radius 2 is 2.21 bits per heavy atom. The number of halogens is 1. The Hall–Kier alpha value is -2.27. The molecule has 0 N–H and O–H groups in total. The molecule has 0 aliphatic rings. The topological polar surface area (TPSA) is 48.5 Å². The molecule has 6 heteroatoms. The first kappa shape index (κ1) is 11.8. The molecule has 0 unspecified atom stereocenters. The maximum Gasteiger partial charge on any atom is 0.307 e. The molecule has 0 radical (unpaired) electrons. The van der Waals surface area contributed by atoms with E-state index in [0.717, 1.165) is 0 Å². The quantitative estimate of drug-likeness (QED) is 0.686. The van der Waals surface area contributed by atoms with Crippen LogP contribution in [0.15, 0.2) is 47.9 Å². The third kappa shape index (κ3) is 1.70. The fraction of sp³-hybridized carbons (Fsp3) is 0.0769. The summed E-state index contributed by atoms with van der Waals surface area (Å²) in [5.41, 5.74) is 1.26. The fourth-order valence-electron chi connectivity index (χ4n) is 1.98. The summed E-state index contributed by atoms with van der Waals surface area (Å²) in [4.78, 5) is 22.0. The molecule has 0 aromatic carbocycles. The van der Waals surface area contributed by atoms with Crippen LogP contribution in [-0.4, -0.2) is 20.7 Å². The zero-order valence-corrected chi connectivity index (χ0v) is 10.7. The van der Waals surface area contributed by atoms with Crippen molar-refractivity contribution in [2.45, 2.75) is 0 Å². The van der Waals surface area contributed by atoms with E-state index in [2.05, 4.69) is 11.6 Å². The van der Waals surface area contributed by atoms with Crippen LogP contribution in [0, 0.1) is 0 Å². The summed E-state index contributed by atoms with van der Waals surface area (Å²) in [6, 6.07) is 6.79. The lowest BCUT2D eigenvalue weighted by molar-refractivity contribution is 0.137. The molecule has 3 aromatic heterocycles. The summed E-state index contributed by atoms with van der Waals surface area (Å²) in [7, 11) is 0. The molecule has 3 aromatic rings. The second-order valence-corrected chi connectivity index (χ2v) is 4.29. The lowest BCUT2D eigenvalue weighted by atomic mass is 10.4. The molecular formula is C13H10ClN3O2. The van der Waals surface area contributed by atoms with E-state index in [9.17, 15) is 4.79 Å². The Labute approximate surface area is 113 Å². The Bertz CT molecular complexity index is 835. The van der Waals surface area contributed by atoms with Crippen LogP contribution in [0.25, 0.3) is 16.7 Å². The van der Waals surface area contributed by atoms with Gasteiger partial charge in [-0.3, -0.25) is 9.20 Å². The number of fused-ring (bicyclic) bond motifs is 3. The third-order valence-electron chi connectivity index (χ3n) is 2.75. The summed E-state index contributed by atoms with van der Waals surface area (Å²) < 4.78 is 2.82. The molecule has 0 aliphatic heterocycles. The standard InChI is InChI=1S/C13H10ClN3O2/c1-2-8-19-17-9-4-3-7-15-12(9)16-10(13(17)18)5-6-11(16)14/h2-7H,1,8H2. The van der Waals surface area contributed by atoms with E-state index in [4.69, 9.17) is 16.4 Å². The van der Waals surface area contributed by atoms with E-state index in [1.165, 1.54) is 4.73 Å². The van der Waals surface area contributed by atoms with Gasteiger partial charge in [-0.2, -0.15) is 0 Å². The summed E-state index contributed by atoms with van der Waals surface area (Å²) >= 11 is 6.10. The molecule has 19 heavy (non-hydrogen) atoms. The first-order valence-corrected chi connectivity index (χ1v) is 6.02. The summed E-state index contributed by atoms with van der Waals surface area (Å²) in [5, 5.41) is 0.437. The zero-order valence-electron chi connectivity index (χ0n) is 9.91. The average Bonchev–Trinajstić information content (AvgIpc) is 2.81. The minimum absolute atomic E-state index is 0.231. The number of hydrogen-bond acceptors (Lipinski definition) is 3. The van der Waals surface area contributed by atoms with Crippen LogP contribution in [-0.2, 0) is 0 Å². The van der Waals surface area contributed by atoms with Gasteiger partial charge in [0.2, 0.25) is 0 Å². The summed E-state index contributed by atoms with van der Waals surface area (Å²) in [6.45, 7) is 3.80. The lowest BCUT2D eigenvalue weighted by Crippen LogP contribution is -2.29.